The molecule has 2 rings (SSSR count). The number of carboxylic acids is 1. The van der Waals surface area contributed by atoms with Crippen molar-refractivity contribution in [2.75, 3.05) is 25.0 Å². The molecule has 1 aromatic rings. The van der Waals surface area contributed by atoms with E-state index < -0.39 is 5.97 Å². The first kappa shape index (κ1) is 15.5. The third-order valence-electron chi connectivity index (χ3n) is 3.74. The Morgan fingerprint density at radius 3 is 2.76 bits per heavy atom. The molecule has 7 nitrogen and oxygen atoms in total. The Morgan fingerprint density at radius 1 is 1.48 bits per heavy atom. The van der Waals surface area contributed by atoms with E-state index in [9.17, 15) is 9.59 Å². The fourth-order valence-corrected chi connectivity index (χ4v) is 2.57. The van der Waals surface area contributed by atoms with Crippen molar-refractivity contribution in [3.8, 4) is 0 Å². The highest BCUT2D eigenvalue weighted by atomic mass is 16.5. The summed E-state index contributed by atoms with van der Waals surface area (Å²) in [4.78, 5) is 24.5. The highest BCUT2D eigenvalue weighted by Crippen LogP contribution is 2.21. The number of anilines is 1. The Hall–Kier alpha value is -1.89. The van der Waals surface area contributed by atoms with E-state index in [-0.39, 0.29) is 12.3 Å². The van der Waals surface area contributed by atoms with E-state index in [0.29, 0.717) is 24.0 Å². The molecule has 1 aromatic heterocycles. The van der Waals surface area contributed by atoms with E-state index in [2.05, 4.69) is 15.4 Å². The van der Waals surface area contributed by atoms with Gasteiger partial charge < -0.3 is 14.9 Å². The molecule has 0 spiro atoms. The number of amides is 1. The van der Waals surface area contributed by atoms with E-state index in [0.717, 1.165) is 32.4 Å². The van der Waals surface area contributed by atoms with Gasteiger partial charge in [0.25, 0.3) is 0 Å². The average Bonchev–Trinajstić information content (AvgIpc) is 2.83. The van der Waals surface area contributed by atoms with Crippen LogP contribution in [-0.4, -0.2) is 46.7 Å². The Labute approximate surface area is 123 Å². The van der Waals surface area contributed by atoms with Crippen molar-refractivity contribution in [3.05, 3.63) is 11.8 Å². The lowest BCUT2D eigenvalue weighted by Gasteiger charge is -2.31. The lowest BCUT2D eigenvalue weighted by atomic mass is 9.92. The van der Waals surface area contributed by atoms with Crippen LogP contribution in [-0.2, 0) is 9.59 Å². The van der Waals surface area contributed by atoms with Gasteiger partial charge in [-0.3, -0.25) is 14.5 Å². The lowest BCUT2D eigenvalue weighted by molar-refractivity contribution is -0.137. The number of carboxylic acid groups (broad SMARTS) is 1. The van der Waals surface area contributed by atoms with E-state index in [1.807, 2.05) is 0 Å². The number of hydrogen-bond donors (Lipinski definition) is 2. The van der Waals surface area contributed by atoms with Gasteiger partial charge in [-0.05, 0) is 45.2 Å². The fourth-order valence-electron chi connectivity index (χ4n) is 2.57. The molecule has 21 heavy (non-hydrogen) atoms. The summed E-state index contributed by atoms with van der Waals surface area (Å²) in [7, 11) is 0. The van der Waals surface area contributed by atoms with Gasteiger partial charge in [-0.2, -0.15) is 0 Å². The summed E-state index contributed by atoms with van der Waals surface area (Å²) in [5, 5.41) is 15.1. The molecule has 2 heterocycles. The maximum Gasteiger partial charge on any atom is 0.303 e. The van der Waals surface area contributed by atoms with Crippen LogP contribution >= 0.6 is 0 Å². The van der Waals surface area contributed by atoms with Gasteiger partial charge in [-0.25, -0.2) is 0 Å². The molecule has 116 valence electrons. The van der Waals surface area contributed by atoms with Gasteiger partial charge >= 0.3 is 5.97 Å². The van der Waals surface area contributed by atoms with Crippen molar-refractivity contribution in [1.82, 2.24) is 10.1 Å². The summed E-state index contributed by atoms with van der Waals surface area (Å²) in [6.45, 7) is 3.76. The number of carbonyl (C=O) groups is 2. The van der Waals surface area contributed by atoms with Crippen LogP contribution in [0.15, 0.2) is 10.6 Å². The minimum Gasteiger partial charge on any atom is -0.481 e. The van der Waals surface area contributed by atoms with Crippen LogP contribution in [0.25, 0.3) is 0 Å². The molecule has 1 aliphatic rings. The third-order valence-corrected chi connectivity index (χ3v) is 3.74. The van der Waals surface area contributed by atoms with Gasteiger partial charge in [-0.15, -0.1) is 0 Å². The summed E-state index contributed by atoms with van der Waals surface area (Å²) in [6.07, 6.45) is 2.86. The van der Waals surface area contributed by atoms with E-state index in [1.165, 1.54) is 0 Å². The van der Waals surface area contributed by atoms with Crippen LogP contribution in [0.4, 0.5) is 5.82 Å². The minimum absolute atomic E-state index is 0.104. The van der Waals surface area contributed by atoms with E-state index in [1.54, 1.807) is 13.0 Å². The van der Waals surface area contributed by atoms with Crippen LogP contribution in [0, 0.1) is 12.8 Å². The average molecular weight is 295 g/mol. The van der Waals surface area contributed by atoms with Crippen molar-refractivity contribution in [3.63, 3.8) is 0 Å². The molecule has 1 amide bonds. The lowest BCUT2D eigenvalue weighted by Crippen LogP contribution is -2.39. The van der Waals surface area contributed by atoms with Crippen LogP contribution < -0.4 is 5.32 Å². The molecule has 7 heteroatoms. The molecule has 0 bridgehead atoms. The van der Waals surface area contributed by atoms with Crippen molar-refractivity contribution in [2.24, 2.45) is 5.92 Å². The second-order valence-corrected chi connectivity index (χ2v) is 5.52. The van der Waals surface area contributed by atoms with E-state index in [4.69, 9.17) is 9.63 Å². The topological polar surface area (TPSA) is 95.7 Å². The number of nitrogens with one attached hydrogen (secondary N) is 1. The van der Waals surface area contributed by atoms with Crippen LogP contribution in [0.5, 0.6) is 0 Å². The predicted molar refractivity (Wildman–Crippen MR) is 75.9 cm³/mol. The van der Waals surface area contributed by atoms with Gasteiger partial charge in [-0.1, -0.05) is 5.16 Å². The highest BCUT2D eigenvalue weighted by Gasteiger charge is 2.21. The Kier molecular flexibility index (Phi) is 5.32. The first-order valence-corrected chi connectivity index (χ1v) is 7.20. The number of rotatable bonds is 6. The maximum atomic E-state index is 11.9. The molecule has 0 saturated carbocycles. The Bertz CT molecular complexity index is 492. The van der Waals surface area contributed by atoms with Gasteiger partial charge in [0, 0.05) is 12.5 Å². The molecule has 2 N–H and O–H groups in total. The standard InChI is InChI=1S/C14H21N3O4/c1-10-8-12(16-21-10)15-13(18)9-17-6-4-11(5-7-17)2-3-14(19)20/h8,11H,2-7,9H2,1H3,(H,19,20)(H,15,16,18). The van der Waals surface area contributed by atoms with Gasteiger partial charge in [0.15, 0.2) is 5.82 Å². The highest BCUT2D eigenvalue weighted by molar-refractivity contribution is 5.91. The Morgan fingerprint density at radius 2 is 2.19 bits per heavy atom. The SMILES string of the molecule is Cc1cc(NC(=O)CN2CCC(CCC(=O)O)CC2)no1. The first-order chi connectivity index (χ1) is 10.0. The van der Waals surface area contributed by atoms with Crippen molar-refractivity contribution in [1.29, 1.82) is 0 Å². The molecular weight excluding hydrogens is 274 g/mol. The molecule has 0 atom stereocenters. The molecular formula is C14H21N3O4. The summed E-state index contributed by atoms with van der Waals surface area (Å²) < 4.78 is 4.89. The number of piperidine rings is 1. The molecule has 0 radical (unpaired) electrons. The van der Waals surface area contributed by atoms with Gasteiger partial charge in [0.2, 0.25) is 5.91 Å². The zero-order valence-electron chi connectivity index (χ0n) is 12.2. The zero-order valence-corrected chi connectivity index (χ0v) is 12.2. The third kappa shape index (κ3) is 5.18. The first-order valence-electron chi connectivity index (χ1n) is 7.20. The number of carbonyl (C=O) groups excluding carboxylic acids is 1. The second kappa shape index (κ2) is 7.21. The normalized spacial score (nSPS) is 16.8. The van der Waals surface area contributed by atoms with Gasteiger partial charge in [0.05, 0.1) is 6.54 Å². The number of aromatic nitrogens is 1. The number of likely N-dealkylation sites (tertiary alicyclic amines) is 1. The zero-order chi connectivity index (χ0) is 15.2. The summed E-state index contributed by atoms with van der Waals surface area (Å²) in [5.74, 6) is 0.712. The van der Waals surface area contributed by atoms with Crippen molar-refractivity contribution < 1.29 is 19.2 Å². The number of nitrogens with zero attached hydrogens (tertiary/aromatic N) is 2. The number of aliphatic carboxylic acids is 1. The van der Waals surface area contributed by atoms with Crippen molar-refractivity contribution >= 4 is 17.7 Å². The summed E-state index contributed by atoms with van der Waals surface area (Å²) in [6, 6.07) is 1.68. The quantitative estimate of drug-likeness (QED) is 0.825. The molecule has 0 aliphatic carbocycles. The minimum atomic E-state index is -0.736. The Balaban J connectivity index is 1.68. The summed E-state index contributed by atoms with van der Waals surface area (Å²) in [5.41, 5.74) is 0. The van der Waals surface area contributed by atoms with Crippen molar-refractivity contribution in [2.45, 2.75) is 32.6 Å². The second-order valence-electron chi connectivity index (χ2n) is 5.52. The van der Waals surface area contributed by atoms with Crippen LogP contribution in [0.3, 0.4) is 0 Å². The largest absolute Gasteiger partial charge is 0.481 e. The van der Waals surface area contributed by atoms with Crippen LogP contribution in [0.1, 0.15) is 31.4 Å². The molecule has 0 unspecified atom stereocenters. The van der Waals surface area contributed by atoms with Gasteiger partial charge in [0.1, 0.15) is 5.76 Å². The smallest absolute Gasteiger partial charge is 0.303 e. The summed E-state index contributed by atoms with van der Waals surface area (Å²) >= 11 is 0. The predicted octanol–water partition coefficient (Wildman–Crippen LogP) is 1.50. The van der Waals surface area contributed by atoms with E-state index >= 15 is 0 Å². The van der Waals surface area contributed by atoms with Crippen LogP contribution in [0.2, 0.25) is 0 Å². The molecule has 1 fully saturated rings. The molecule has 1 aliphatic heterocycles. The number of aryl methyl sites for hydroxylation is 1. The molecule has 0 aromatic carbocycles. The molecule has 1 saturated heterocycles. The monoisotopic (exact) mass is 295 g/mol. The number of hydrogen-bond acceptors (Lipinski definition) is 5. The maximum absolute atomic E-state index is 11.9. The fraction of sp³-hybridized carbons (Fsp3) is 0.643.